The number of aliphatic hydroxyl groups is 3. The minimum atomic E-state index is -1.35. The first kappa shape index (κ1) is 26.0. The van der Waals surface area contributed by atoms with Gasteiger partial charge in [0.05, 0.1) is 24.7 Å². The Hall–Kier alpha value is -1.02. The van der Waals surface area contributed by atoms with Crippen LogP contribution >= 0.6 is 0 Å². The van der Waals surface area contributed by atoms with Crippen LogP contribution in [0.15, 0.2) is 0 Å². The normalized spacial score (nSPS) is 16.2. The molecule has 0 aromatic heterocycles. The average molecular weight is 391 g/mol. The van der Waals surface area contributed by atoms with Crippen molar-refractivity contribution in [2.24, 2.45) is 11.8 Å². The highest BCUT2D eigenvalue weighted by atomic mass is 16.6. The third-order valence-corrected chi connectivity index (χ3v) is 4.99. The monoisotopic (exact) mass is 390 g/mol. The van der Waals surface area contributed by atoms with Gasteiger partial charge in [0.1, 0.15) is 24.6 Å². The van der Waals surface area contributed by atoms with Crippen LogP contribution in [0.4, 0.5) is 0 Å². The second-order valence-electron chi connectivity index (χ2n) is 7.08. The van der Waals surface area contributed by atoms with Crippen LogP contribution in [0, 0.1) is 11.8 Å². The summed E-state index contributed by atoms with van der Waals surface area (Å²) in [5, 5.41) is 28.9. The number of ketones is 1. The van der Waals surface area contributed by atoms with Gasteiger partial charge in [0, 0.05) is 12.3 Å². The third kappa shape index (κ3) is 9.65. The molecule has 0 aromatic carbocycles. The number of hydrogen-bond acceptors (Lipinski definition) is 7. The van der Waals surface area contributed by atoms with Crippen molar-refractivity contribution in [1.29, 1.82) is 0 Å². The van der Waals surface area contributed by atoms with Crippen LogP contribution < -0.4 is 0 Å². The second-order valence-corrected chi connectivity index (χ2v) is 7.08. The Balaban J connectivity index is 4.88. The summed E-state index contributed by atoms with van der Waals surface area (Å²) in [5.41, 5.74) is 0. The van der Waals surface area contributed by atoms with Crippen LogP contribution in [0.5, 0.6) is 0 Å². The molecule has 0 spiro atoms. The first-order valence-corrected chi connectivity index (χ1v) is 10.1. The number of Topliss-reactive ketones (excluding diaryl/α,β-unsaturated/α-hetero) is 1. The van der Waals surface area contributed by atoms with Crippen LogP contribution in [0.2, 0.25) is 0 Å². The number of rotatable bonds is 15. The molecule has 0 amide bonds. The molecule has 4 atom stereocenters. The van der Waals surface area contributed by atoms with E-state index in [4.69, 9.17) is 9.47 Å². The van der Waals surface area contributed by atoms with Crippen LogP contribution in [-0.2, 0) is 19.1 Å². The largest absolute Gasteiger partial charge is 0.463 e. The molecule has 4 unspecified atom stereocenters. The van der Waals surface area contributed by atoms with Crippen molar-refractivity contribution in [3.05, 3.63) is 0 Å². The maximum absolute atomic E-state index is 12.4. The first-order valence-electron chi connectivity index (χ1n) is 10.1. The summed E-state index contributed by atoms with van der Waals surface area (Å²) >= 11 is 0. The van der Waals surface area contributed by atoms with Gasteiger partial charge in [0.2, 0.25) is 0 Å². The Kier molecular flexibility index (Phi) is 13.5. The molecule has 0 aliphatic carbocycles. The fraction of sp³-hybridized carbons (Fsp3) is 0.900. The topological polar surface area (TPSA) is 113 Å². The zero-order valence-electron chi connectivity index (χ0n) is 17.4. The maximum atomic E-state index is 12.4. The standard InChI is InChI=1S/C20H38O7/c1-6-14(7-2)17(22)10-16(11-27-20(25)15(8-3)9-4)26-12-18(23)19(24)13(5)21/h13-16,18-19,21,23-24H,6-12H2,1-5H3. The van der Waals surface area contributed by atoms with Gasteiger partial charge in [-0.2, -0.15) is 0 Å². The van der Waals surface area contributed by atoms with Gasteiger partial charge in [-0.05, 0) is 32.6 Å². The fourth-order valence-corrected chi connectivity index (χ4v) is 2.87. The lowest BCUT2D eigenvalue weighted by Crippen LogP contribution is -2.40. The molecule has 7 nitrogen and oxygen atoms in total. The maximum Gasteiger partial charge on any atom is 0.308 e. The molecular weight excluding hydrogens is 352 g/mol. The second kappa shape index (κ2) is 14.0. The van der Waals surface area contributed by atoms with Gasteiger partial charge in [0.25, 0.3) is 0 Å². The molecule has 27 heavy (non-hydrogen) atoms. The van der Waals surface area contributed by atoms with Gasteiger partial charge in [-0.1, -0.05) is 27.7 Å². The van der Waals surface area contributed by atoms with Crippen LogP contribution in [0.25, 0.3) is 0 Å². The molecule has 3 N–H and O–H groups in total. The smallest absolute Gasteiger partial charge is 0.308 e. The molecule has 0 aliphatic rings. The minimum Gasteiger partial charge on any atom is -0.463 e. The van der Waals surface area contributed by atoms with Crippen molar-refractivity contribution in [2.75, 3.05) is 13.2 Å². The van der Waals surface area contributed by atoms with Gasteiger partial charge in [-0.25, -0.2) is 0 Å². The average Bonchev–Trinajstić information content (AvgIpc) is 2.64. The van der Waals surface area contributed by atoms with Crippen molar-refractivity contribution in [3.8, 4) is 0 Å². The lowest BCUT2D eigenvalue weighted by Gasteiger charge is -2.25. The van der Waals surface area contributed by atoms with Gasteiger partial charge < -0.3 is 24.8 Å². The van der Waals surface area contributed by atoms with E-state index in [2.05, 4.69) is 0 Å². The molecule has 0 radical (unpaired) electrons. The van der Waals surface area contributed by atoms with E-state index in [0.29, 0.717) is 12.8 Å². The highest BCUT2D eigenvalue weighted by Gasteiger charge is 2.26. The number of hydrogen-bond donors (Lipinski definition) is 3. The first-order chi connectivity index (χ1) is 12.7. The molecular formula is C20H38O7. The van der Waals surface area contributed by atoms with Gasteiger partial charge >= 0.3 is 5.97 Å². The van der Waals surface area contributed by atoms with E-state index >= 15 is 0 Å². The molecule has 0 fully saturated rings. The number of carbonyl (C=O) groups is 2. The molecule has 7 heteroatoms. The molecule has 0 saturated heterocycles. The van der Waals surface area contributed by atoms with Crippen LogP contribution in [0.1, 0.15) is 66.7 Å². The highest BCUT2D eigenvalue weighted by Crippen LogP contribution is 2.16. The SMILES string of the molecule is CCC(CC)C(=O)CC(COC(=O)C(CC)CC)OCC(O)C(O)C(C)O. The zero-order chi connectivity index (χ0) is 21.0. The summed E-state index contributed by atoms with van der Waals surface area (Å²) in [4.78, 5) is 24.5. The molecule has 0 bridgehead atoms. The lowest BCUT2D eigenvalue weighted by molar-refractivity contribution is -0.157. The van der Waals surface area contributed by atoms with Gasteiger partial charge in [0.15, 0.2) is 0 Å². The number of ether oxygens (including phenoxy) is 2. The summed E-state index contributed by atoms with van der Waals surface area (Å²) in [7, 11) is 0. The van der Waals surface area contributed by atoms with Crippen LogP contribution in [-0.4, -0.2) is 64.7 Å². The molecule has 160 valence electrons. The molecule has 0 aromatic rings. The molecule has 0 rings (SSSR count). The Morgan fingerprint density at radius 2 is 1.37 bits per heavy atom. The van der Waals surface area contributed by atoms with Crippen molar-refractivity contribution in [1.82, 2.24) is 0 Å². The highest BCUT2D eigenvalue weighted by molar-refractivity contribution is 5.81. The Morgan fingerprint density at radius 3 is 1.81 bits per heavy atom. The Morgan fingerprint density at radius 1 is 0.852 bits per heavy atom. The quantitative estimate of drug-likeness (QED) is 0.366. The van der Waals surface area contributed by atoms with E-state index in [1.807, 2.05) is 27.7 Å². The summed E-state index contributed by atoms with van der Waals surface area (Å²) < 4.78 is 10.9. The summed E-state index contributed by atoms with van der Waals surface area (Å²) in [6, 6.07) is 0. The van der Waals surface area contributed by atoms with E-state index in [1.54, 1.807) is 0 Å². The predicted molar refractivity (Wildman–Crippen MR) is 102 cm³/mol. The van der Waals surface area contributed by atoms with E-state index in [0.717, 1.165) is 12.8 Å². The van der Waals surface area contributed by atoms with Crippen molar-refractivity contribution in [3.63, 3.8) is 0 Å². The Labute approximate surface area is 163 Å². The van der Waals surface area contributed by atoms with Gasteiger partial charge in [-0.3, -0.25) is 9.59 Å². The van der Waals surface area contributed by atoms with Crippen molar-refractivity contribution >= 4 is 11.8 Å². The van der Waals surface area contributed by atoms with E-state index in [-0.39, 0.29) is 43.2 Å². The summed E-state index contributed by atoms with van der Waals surface area (Å²) in [6.07, 6.45) is -1.61. The lowest BCUT2D eigenvalue weighted by atomic mass is 9.94. The van der Waals surface area contributed by atoms with Crippen molar-refractivity contribution < 1.29 is 34.4 Å². The summed E-state index contributed by atoms with van der Waals surface area (Å²) in [6.45, 7) is 8.71. The number of aliphatic hydroxyl groups excluding tert-OH is 3. The molecule has 0 aliphatic heterocycles. The van der Waals surface area contributed by atoms with Gasteiger partial charge in [-0.15, -0.1) is 0 Å². The van der Waals surface area contributed by atoms with Crippen molar-refractivity contribution in [2.45, 2.75) is 91.1 Å². The predicted octanol–water partition coefficient (Wildman–Crippen LogP) is 1.85. The molecule has 0 saturated carbocycles. The zero-order valence-corrected chi connectivity index (χ0v) is 17.4. The third-order valence-electron chi connectivity index (χ3n) is 4.99. The van der Waals surface area contributed by atoms with E-state index in [9.17, 15) is 24.9 Å². The van der Waals surface area contributed by atoms with E-state index in [1.165, 1.54) is 6.92 Å². The van der Waals surface area contributed by atoms with Crippen LogP contribution in [0.3, 0.4) is 0 Å². The fourth-order valence-electron chi connectivity index (χ4n) is 2.87. The minimum absolute atomic E-state index is 0.0224. The number of esters is 1. The number of carbonyl (C=O) groups excluding carboxylic acids is 2. The molecule has 0 heterocycles. The summed E-state index contributed by atoms with van der Waals surface area (Å²) in [5.74, 6) is -0.580. The Bertz CT molecular complexity index is 417. The van der Waals surface area contributed by atoms with E-state index < -0.39 is 24.4 Å².